The predicted molar refractivity (Wildman–Crippen MR) is 128 cm³/mol. The van der Waals surface area contributed by atoms with Gasteiger partial charge >= 0.3 is 0 Å². The van der Waals surface area contributed by atoms with Gasteiger partial charge in [-0.2, -0.15) is 5.26 Å². The van der Waals surface area contributed by atoms with Gasteiger partial charge in [0.25, 0.3) is 11.5 Å². The van der Waals surface area contributed by atoms with Crippen molar-refractivity contribution in [2.24, 2.45) is 5.73 Å². The standard InChI is InChI=1S/C23H26N6O3S/c24-11-15-5-1-2-6-16(15)12-29-22(32)20-19(18(14-33-20)21(31)26-8-4-10-30)27-23(29)28-9-3-7-17(25)13-28/h1-2,5-6,14,17,30H,3-4,7-10,12-13,25H2,(H,26,31). The van der Waals surface area contributed by atoms with Crippen molar-refractivity contribution in [2.45, 2.75) is 31.8 Å². The molecule has 0 radical (unpaired) electrons. The predicted octanol–water partition coefficient (Wildman–Crippen LogP) is 1.42. The molecule has 4 N–H and O–H groups in total. The van der Waals surface area contributed by atoms with Crippen LogP contribution in [0.5, 0.6) is 0 Å². The molecular formula is C23H26N6O3S. The van der Waals surface area contributed by atoms with E-state index in [9.17, 15) is 14.9 Å². The summed E-state index contributed by atoms with van der Waals surface area (Å²) >= 11 is 1.18. The summed E-state index contributed by atoms with van der Waals surface area (Å²) in [6, 6.07) is 9.33. The Balaban J connectivity index is 1.83. The third-order valence-corrected chi connectivity index (χ3v) is 6.69. The van der Waals surface area contributed by atoms with Crippen LogP contribution in [0.15, 0.2) is 34.4 Å². The number of nitrogens with one attached hydrogen (secondary N) is 1. The molecule has 1 amide bonds. The van der Waals surface area contributed by atoms with Gasteiger partial charge in [0.2, 0.25) is 5.95 Å². The number of carbonyl (C=O) groups is 1. The van der Waals surface area contributed by atoms with Crippen LogP contribution in [0.1, 0.15) is 40.7 Å². The van der Waals surface area contributed by atoms with Crippen molar-refractivity contribution in [3.63, 3.8) is 0 Å². The van der Waals surface area contributed by atoms with Crippen molar-refractivity contribution in [1.29, 1.82) is 5.26 Å². The first-order valence-electron chi connectivity index (χ1n) is 10.9. The van der Waals surface area contributed by atoms with Gasteiger partial charge in [-0.15, -0.1) is 11.3 Å². The summed E-state index contributed by atoms with van der Waals surface area (Å²) in [5, 5.41) is 22.9. The van der Waals surface area contributed by atoms with Gasteiger partial charge in [-0.1, -0.05) is 18.2 Å². The number of hydrogen-bond acceptors (Lipinski definition) is 8. The zero-order chi connectivity index (χ0) is 23.4. The molecule has 0 saturated carbocycles. The molecule has 1 saturated heterocycles. The van der Waals surface area contributed by atoms with E-state index in [0.717, 1.165) is 18.4 Å². The van der Waals surface area contributed by atoms with Crippen molar-refractivity contribution >= 4 is 33.4 Å². The minimum atomic E-state index is -0.324. The first-order valence-corrected chi connectivity index (χ1v) is 11.8. The minimum absolute atomic E-state index is 0.0167. The summed E-state index contributed by atoms with van der Waals surface area (Å²) < 4.78 is 1.97. The number of amides is 1. The maximum absolute atomic E-state index is 13.6. The molecule has 0 spiro atoms. The Hall–Kier alpha value is -3.26. The molecule has 1 aliphatic heterocycles. The molecule has 172 valence electrons. The molecule has 33 heavy (non-hydrogen) atoms. The van der Waals surface area contributed by atoms with Gasteiger partial charge in [-0.3, -0.25) is 14.2 Å². The van der Waals surface area contributed by atoms with E-state index in [1.807, 2.05) is 17.0 Å². The van der Waals surface area contributed by atoms with Gasteiger partial charge < -0.3 is 21.1 Å². The van der Waals surface area contributed by atoms with Crippen molar-refractivity contribution in [3.8, 4) is 6.07 Å². The SMILES string of the molecule is N#Cc1ccccc1Cn1c(N2CCCC(N)C2)nc2c(C(=O)NCCCO)csc2c1=O. The number of rotatable bonds is 7. The van der Waals surface area contributed by atoms with Crippen molar-refractivity contribution in [3.05, 3.63) is 56.7 Å². The summed E-state index contributed by atoms with van der Waals surface area (Å²) in [7, 11) is 0. The Morgan fingerprint density at radius 3 is 2.97 bits per heavy atom. The third kappa shape index (κ3) is 4.75. The fourth-order valence-electron chi connectivity index (χ4n) is 4.04. The number of hydrogen-bond donors (Lipinski definition) is 3. The normalized spacial score (nSPS) is 16.0. The number of aliphatic hydroxyl groups excluding tert-OH is 1. The topological polar surface area (TPSA) is 137 Å². The molecule has 1 fully saturated rings. The molecular weight excluding hydrogens is 440 g/mol. The second-order valence-corrected chi connectivity index (χ2v) is 8.96. The van der Waals surface area contributed by atoms with Crippen LogP contribution in [-0.2, 0) is 6.54 Å². The minimum Gasteiger partial charge on any atom is -0.396 e. The highest BCUT2D eigenvalue weighted by molar-refractivity contribution is 7.17. The van der Waals surface area contributed by atoms with Gasteiger partial charge in [-0.05, 0) is 30.9 Å². The van der Waals surface area contributed by atoms with E-state index in [4.69, 9.17) is 15.8 Å². The van der Waals surface area contributed by atoms with E-state index < -0.39 is 0 Å². The maximum Gasteiger partial charge on any atom is 0.273 e. The van der Waals surface area contributed by atoms with E-state index in [1.54, 1.807) is 22.1 Å². The van der Waals surface area contributed by atoms with E-state index in [-0.39, 0.29) is 30.7 Å². The van der Waals surface area contributed by atoms with E-state index in [0.29, 0.717) is 53.3 Å². The van der Waals surface area contributed by atoms with Crippen LogP contribution >= 0.6 is 11.3 Å². The summed E-state index contributed by atoms with van der Waals surface area (Å²) in [6.45, 7) is 1.77. The molecule has 9 nitrogen and oxygen atoms in total. The molecule has 3 aromatic rings. The van der Waals surface area contributed by atoms with Gasteiger partial charge in [0.15, 0.2) is 0 Å². The van der Waals surface area contributed by atoms with Gasteiger partial charge in [-0.25, -0.2) is 4.98 Å². The number of nitrogens with two attached hydrogens (primary N) is 1. The lowest BCUT2D eigenvalue weighted by molar-refractivity contribution is 0.0953. The average molecular weight is 467 g/mol. The first kappa shape index (κ1) is 22.9. The van der Waals surface area contributed by atoms with Crippen molar-refractivity contribution in [1.82, 2.24) is 14.9 Å². The fraction of sp³-hybridized carbons (Fsp3) is 0.391. The Kier molecular flexibility index (Phi) is 7.03. The lowest BCUT2D eigenvalue weighted by Gasteiger charge is -2.33. The monoisotopic (exact) mass is 466 g/mol. The molecule has 1 aromatic carbocycles. The number of fused-ring (bicyclic) bond motifs is 1. The molecule has 1 aliphatic rings. The largest absolute Gasteiger partial charge is 0.396 e. The quantitative estimate of drug-likeness (QED) is 0.448. The zero-order valence-electron chi connectivity index (χ0n) is 18.2. The number of aliphatic hydroxyl groups is 1. The van der Waals surface area contributed by atoms with E-state index >= 15 is 0 Å². The third-order valence-electron chi connectivity index (χ3n) is 5.73. The van der Waals surface area contributed by atoms with Crippen LogP contribution in [0.2, 0.25) is 0 Å². The van der Waals surface area contributed by atoms with Crippen LogP contribution < -0.4 is 21.5 Å². The number of piperidine rings is 1. The highest BCUT2D eigenvalue weighted by Crippen LogP contribution is 2.26. The number of anilines is 1. The van der Waals surface area contributed by atoms with Crippen molar-refractivity contribution < 1.29 is 9.90 Å². The van der Waals surface area contributed by atoms with Crippen molar-refractivity contribution in [2.75, 3.05) is 31.1 Å². The smallest absolute Gasteiger partial charge is 0.273 e. The number of benzene rings is 1. The lowest BCUT2D eigenvalue weighted by atomic mass is 10.1. The molecule has 0 bridgehead atoms. The van der Waals surface area contributed by atoms with Crippen LogP contribution in [0.3, 0.4) is 0 Å². The molecule has 10 heteroatoms. The molecule has 1 atom stereocenters. The molecule has 1 unspecified atom stereocenters. The summed E-state index contributed by atoms with van der Waals surface area (Å²) in [6.07, 6.45) is 2.22. The van der Waals surface area contributed by atoms with Gasteiger partial charge in [0.05, 0.1) is 23.7 Å². The second-order valence-electron chi connectivity index (χ2n) is 8.08. The summed E-state index contributed by atoms with van der Waals surface area (Å²) in [5.74, 6) is 0.133. The molecule has 0 aliphatic carbocycles. The Labute approximate surface area is 195 Å². The first-order chi connectivity index (χ1) is 16.0. The number of nitrogens with zero attached hydrogens (tertiary/aromatic N) is 4. The number of aromatic nitrogens is 2. The van der Waals surface area contributed by atoms with E-state index in [2.05, 4.69) is 11.4 Å². The maximum atomic E-state index is 13.6. The highest BCUT2D eigenvalue weighted by atomic mass is 32.1. The molecule has 3 heterocycles. The Morgan fingerprint density at radius 2 is 2.21 bits per heavy atom. The van der Waals surface area contributed by atoms with Crippen LogP contribution in [-0.4, -0.2) is 52.8 Å². The van der Waals surface area contributed by atoms with Gasteiger partial charge in [0, 0.05) is 37.7 Å². The number of carbonyl (C=O) groups excluding carboxylic acids is 1. The zero-order valence-corrected chi connectivity index (χ0v) is 19.0. The van der Waals surface area contributed by atoms with Gasteiger partial charge in [0.1, 0.15) is 10.2 Å². The fourth-order valence-corrected chi connectivity index (χ4v) is 4.97. The second kappa shape index (κ2) is 10.1. The van der Waals surface area contributed by atoms with Crippen LogP contribution in [0.4, 0.5) is 5.95 Å². The summed E-state index contributed by atoms with van der Waals surface area (Å²) in [4.78, 5) is 33.1. The Bertz CT molecular complexity index is 1260. The Morgan fingerprint density at radius 1 is 1.39 bits per heavy atom. The van der Waals surface area contributed by atoms with Crippen LogP contribution in [0.25, 0.3) is 10.2 Å². The number of nitriles is 1. The summed E-state index contributed by atoms with van der Waals surface area (Å²) in [5.41, 5.74) is 7.89. The molecule has 2 aromatic heterocycles. The van der Waals surface area contributed by atoms with E-state index in [1.165, 1.54) is 11.3 Å². The lowest BCUT2D eigenvalue weighted by Crippen LogP contribution is -2.45. The average Bonchev–Trinajstić information content (AvgIpc) is 3.25. The highest BCUT2D eigenvalue weighted by Gasteiger charge is 2.25. The van der Waals surface area contributed by atoms with Crippen LogP contribution in [0, 0.1) is 11.3 Å². The number of thiophene rings is 1. The molecule has 4 rings (SSSR count).